The zero-order chi connectivity index (χ0) is 26.2. The van der Waals surface area contributed by atoms with Crippen molar-refractivity contribution in [1.82, 2.24) is 4.90 Å². The lowest BCUT2D eigenvalue weighted by atomic mass is 9.83. The van der Waals surface area contributed by atoms with Crippen LogP contribution in [0.25, 0.3) is 11.0 Å². The maximum Gasteiger partial charge on any atom is 0.291 e. The molecule has 3 aromatic carbocycles. The molecule has 3 aliphatic rings. The van der Waals surface area contributed by atoms with Crippen LogP contribution >= 0.6 is 0 Å². The molecule has 190 valence electrons. The summed E-state index contributed by atoms with van der Waals surface area (Å²) in [6.07, 6.45) is 0.663. The minimum absolute atomic E-state index is 0.0101. The summed E-state index contributed by atoms with van der Waals surface area (Å²) in [6.45, 7) is 2.43. The highest BCUT2D eigenvalue weighted by atomic mass is 19.1. The SMILES string of the molecule is CCCN1C(=O)C2(c3ccccc31)c1c(oc3ccc(F)cc3c1=O)C(=O)N2Cc1ccc2c(c1)OCO2. The van der Waals surface area contributed by atoms with Gasteiger partial charge < -0.3 is 23.7 Å². The molecule has 0 bridgehead atoms. The van der Waals surface area contributed by atoms with E-state index < -0.39 is 28.6 Å². The van der Waals surface area contributed by atoms with Crippen LogP contribution in [0.5, 0.6) is 11.5 Å². The third-order valence-corrected chi connectivity index (χ3v) is 7.42. The number of hydrogen-bond donors (Lipinski definition) is 0. The average molecular weight is 512 g/mol. The van der Waals surface area contributed by atoms with Crippen molar-refractivity contribution in [3.63, 3.8) is 0 Å². The van der Waals surface area contributed by atoms with Crippen molar-refractivity contribution in [2.45, 2.75) is 25.4 Å². The van der Waals surface area contributed by atoms with Crippen LogP contribution in [0.4, 0.5) is 10.1 Å². The molecule has 1 atom stereocenters. The Hall–Kier alpha value is -4.66. The van der Waals surface area contributed by atoms with Gasteiger partial charge in [-0.2, -0.15) is 0 Å². The van der Waals surface area contributed by atoms with E-state index in [1.807, 2.05) is 13.0 Å². The summed E-state index contributed by atoms with van der Waals surface area (Å²) in [6, 6.07) is 16.0. The number of halogens is 1. The van der Waals surface area contributed by atoms with Crippen LogP contribution in [-0.4, -0.2) is 30.1 Å². The standard InChI is InChI=1S/C29H21FN2O6/c1-2-11-31-20-6-4-3-5-19(20)29(28(31)35)24-25(33)18-13-17(30)8-10-21(18)38-26(24)27(34)32(29)14-16-7-9-22-23(12-16)37-15-36-22/h3-10,12-13H,2,11,14-15H2,1H3. The molecule has 1 spiro atoms. The van der Waals surface area contributed by atoms with Crippen molar-refractivity contribution in [1.29, 1.82) is 0 Å². The van der Waals surface area contributed by atoms with E-state index in [1.165, 1.54) is 11.0 Å². The van der Waals surface area contributed by atoms with E-state index in [4.69, 9.17) is 13.9 Å². The largest absolute Gasteiger partial charge is 0.454 e. The smallest absolute Gasteiger partial charge is 0.291 e. The summed E-state index contributed by atoms with van der Waals surface area (Å²) >= 11 is 0. The van der Waals surface area contributed by atoms with Crippen molar-refractivity contribution in [2.24, 2.45) is 0 Å². The number of amides is 2. The topological polar surface area (TPSA) is 89.3 Å². The molecule has 0 radical (unpaired) electrons. The Bertz CT molecular complexity index is 1750. The first kappa shape index (κ1) is 22.5. The summed E-state index contributed by atoms with van der Waals surface area (Å²) < 4.78 is 31.1. The quantitative estimate of drug-likeness (QED) is 0.405. The first-order valence-corrected chi connectivity index (χ1v) is 12.3. The Morgan fingerprint density at radius 2 is 1.79 bits per heavy atom. The third kappa shape index (κ3) is 2.81. The molecule has 0 saturated heterocycles. The van der Waals surface area contributed by atoms with Crippen molar-refractivity contribution < 1.29 is 27.9 Å². The molecule has 4 heterocycles. The summed E-state index contributed by atoms with van der Waals surface area (Å²) in [4.78, 5) is 45.6. The lowest BCUT2D eigenvalue weighted by Gasteiger charge is -2.34. The number of nitrogens with zero attached hydrogens (tertiary/aromatic N) is 2. The zero-order valence-electron chi connectivity index (χ0n) is 20.3. The van der Waals surface area contributed by atoms with Gasteiger partial charge in [-0.15, -0.1) is 0 Å². The van der Waals surface area contributed by atoms with Crippen LogP contribution in [0.1, 0.15) is 40.6 Å². The highest BCUT2D eigenvalue weighted by molar-refractivity contribution is 6.17. The van der Waals surface area contributed by atoms with Gasteiger partial charge in [-0.3, -0.25) is 14.4 Å². The van der Waals surface area contributed by atoms with Gasteiger partial charge in [0.15, 0.2) is 22.5 Å². The predicted octanol–water partition coefficient (Wildman–Crippen LogP) is 4.32. The molecule has 4 aromatic rings. The van der Waals surface area contributed by atoms with Gasteiger partial charge in [0.2, 0.25) is 12.6 Å². The van der Waals surface area contributed by atoms with Gasteiger partial charge in [0, 0.05) is 18.7 Å². The highest BCUT2D eigenvalue weighted by Crippen LogP contribution is 2.53. The number of fused-ring (bicyclic) bond motifs is 6. The minimum atomic E-state index is -1.77. The first-order valence-electron chi connectivity index (χ1n) is 12.3. The molecule has 0 fully saturated rings. The Labute approximate surface area is 215 Å². The monoisotopic (exact) mass is 512 g/mol. The zero-order valence-corrected chi connectivity index (χ0v) is 20.3. The maximum atomic E-state index is 14.5. The maximum absolute atomic E-state index is 14.5. The Kier molecular flexibility index (Phi) is 4.69. The molecule has 8 nitrogen and oxygen atoms in total. The fourth-order valence-corrected chi connectivity index (χ4v) is 5.85. The van der Waals surface area contributed by atoms with Crippen LogP contribution in [0, 0.1) is 5.82 Å². The summed E-state index contributed by atoms with van der Waals surface area (Å²) in [5, 5.41) is -0.0277. The molecule has 9 heteroatoms. The van der Waals surface area contributed by atoms with Gasteiger partial charge in [0.05, 0.1) is 16.6 Å². The molecule has 7 rings (SSSR count). The van der Waals surface area contributed by atoms with Crippen molar-refractivity contribution in [3.05, 3.63) is 99.2 Å². The minimum Gasteiger partial charge on any atom is -0.454 e. The van der Waals surface area contributed by atoms with E-state index >= 15 is 0 Å². The Balaban J connectivity index is 1.52. The van der Waals surface area contributed by atoms with E-state index in [0.29, 0.717) is 41.3 Å². The summed E-state index contributed by atoms with van der Waals surface area (Å²) in [7, 11) is 0. The average Bonchev–Trinajstić information content (AvgIpc) is 3.55. The number of rotatable bonds is 4. The number of carbonyl (C=O) groups is 2. The Morgan fingerprint density at radius 1 is 0.974 bits per heavy atom. The van der Waals surface area contributed by atoms with Crippen LogP contribution in [0.15, 0.2) is 69.9 Å². The van der Waals surface area contributed by atoms with Gasteiger partial charge in [0.25, 0.3) is 11.8 Å². The molecule has 1 unspecified atom stereocenters. The van der Waals surface area contributed by atoms with Crippen LogP contribution in [-0.2, 0) is 16.9 Å². The van der Waals surface area contributed by atoms with Crippen LogP contribution < -0.4 is 19.8 Å². The number of hydrogen-bond acceptors (Lipinski definition) is 6. The lowest BCUT2D eigenvalue weighted by molar-refractivity contribution is -0.126. The second-order valence-electron chi connectivity index (χ2n) is 9.54. The molecule has 0 N–H and O–H groups in total. The van der Waals surface area contributed by atoms with E-state index in [0.717, 1.165) is 12.1 Å². The number of para-hydroxylation sites is 1. The van der Waals surface area contributed by atoms with E-state index in [-0.39, 0.29) is 35.6 Å². The molecule has 0 saturated carbocycles. The Morgan fingerprint density at radius 3 is 2.63 bits per heavy atom. The predicted molar refractivity (Wildman–Crippen MR) is 135 cm³/mol. The van der Waals surface area contributed by atoms with Crippen LogP contribution in [0.3, 0.4) is 0 Å². The lowest BCUT2D eigenvalue weighted by Crippen LogP contribution is -2.53. The van der Waals surface area contributed by atoms with Crippen molar-refractivity contribution in [3.8, 4) is 11.5 Å². The molecule has 1 aromatic heterocycles. The first-order chi connectivity index (χ1) is 18.4. The molecule has 3 aliphatic heterocycles. The number of anilines is 1. The number of carbonyl (C=O) groups excluding carboxylic acids is 2. The molecular weight excluding hydrogens is 491 g/mol. The number of benzene rings is 3. The third-order valence-electron chi connectivity index (χ3n) is 7.42. The molecule has 2 amide bonds. The highest BCUT2D eigenvalue weighted by Gasteiger charge is 2.64. The molecule has 0 aliphatic carbocycles. The summed E-state index contributed by atoms with van der Waals surface area (Å²) in [5.74, 6) is -0.732. The van der Waals surface area contributed by atoms with E-state index in [2.05, 4.69) is 0 Å². The summed E-state index contributed by atoms with van der Waals surface area (Å²) in [5.41, 5.74) is -0.579. The second kappa shape index (κ2) is 7.92. The van der Waals surface area contributed by atoms with Gasteiger partial charge in [0.1, 0.15) is 11.4 Å². The van der Waals surface area contributed by atoms with Gasteiger partial charge in [-0.1, -0.05) is 31.2 Å². The van der Waals surface area contributed by atoms with Crippen molar-refractivity contribution >= 4 is 28.5 Å². The second-order valence-corrected chi connectivity index (χ2v) is 9.54. The van der Waals surface area contributed by atoms with Gasteiger partial charge in [-0.25, -0.2) is 4.39 Å². The van der Waals surface area contributed by atoms with Gasteiger partial charge in [-0.05, 0) is 48.4 Å². The fraction of sp³-hybridized carbons (Fsp3) is 0.207. The number of ether oxygens (including phenoxy) is 2. The fourth-order valence-electron chi connectivity index (χ4n) is 5.85. The van der Waals surface area contributed by atoms with Crippen LogP contribution in [0.2, 0.25) is 0 Å². The normalized spacial score (nSPS) is 19.1. The molecule has 38 heavy (non-hydrogen) atoms. The van der Waals surface area contributed by atoms with Crippen molar-refractivity contribution in [2.75, 3.05) is 18.2 Å². The van der Waals surface area contributed by atoms with E-state index in [1.54, 1.807) is 41.3 Å². The van der Waals surface area contributed by atoms with E-state index in [9.17, 15) is 18.8 Å². The molecular formula is C29H21FN2O6. The van der Waals surface area contributed by atoms with Gasteiger partial charge >= 0.3 is 0 Å².